The van der Waals surface area contributed by atoms with Gasteiger partial charge >= 0.3 is 0 Å². The number of carbonyl (C=O) groups excluding carboxylic acids is 1. The molecule has 0 spiro atoms. The summed E-state index contributed by atoms with van der Waals surface area (Å²) in [6.07, 6.45) is 3.88. The summed E-state index contributed by atoms with van der Waals surface area (Å²) in [7, 11) is 3.88. The first kappa shape index (κ1) is 21.0. The molecule has 0 radical (unpaired) electrons. The van der Waals surface area contributed by atoms with Crippen molar-refractivity contribution in [1.82, 2.24) is 15.3 Å². The van der Waals surface area contributed by atoms with E-state index in [4.69, 9.17) is 0 Å². The Bertz CT molecular complexity index is 830. The second kappa shape index (κ2) is 9.22. The van der Waals surface area contributed by atoms with Gasteiger partial charge in [0.2, 0.25) is 5.95 Å². The Balaban J connectivity index is 1.54. The first-order valence-electron chi connectivity index (χ1n) is 9.36. The summed E-state index contributed by atoms with van der Waals surface area (Å²) in [5.41, 5.74) is 1.61. The molecule has 3 rings (SSSR count). The van der Waals surface area contributed by atoms with Gasteiger partial charge in [0.15, 0.2) is 0 Å². The quantitative estimate of drug-likeness (QED) is 0.618. The summed E-state index contributed by atoms with van der Waals surface area (Å²) in [5.74, 6) is 1.55. The molecule has 6 nitrogen and oxygen atoms in total. The molecule has 8 heteroatoms. The van der Waals surface area contributed by atoms with Gasteiger partial charge in [-0.2, -0.15) is 4.98 Å². The molecule has 0 aliphatic heterocycles. The molecule has 2 aromatic rings. The largest absolute Gasteiger partial charge is 0.367 e. The molecule has 1 aromatic heterocycles. The van der Waals surface area contributed by atoms with Crippen molar-refractivity contribution in [3.63, 3.8) is 0 Å². The Morgan fingerprint density at radius 3 is 2.21 bits per heavy atom. The number of aromatic nitrogens is 2. The van der Waals surface area contributed by atoms with Crippen LogP contribution < -0.4 is 15.5 Å². The minimum Gasteiger partial charge on any atom is -0.367 e. The normalized spacial score (nSPS) is 19.2. The van der Waals surface area contributed by atoms with Gasteiger partial charge in [-0.1, -0.05) is 31.9 Å². The number of amides is 1. The molecule has 0 bridgehead atoms. The van der Waals surface area contributed by atoms with Gasteiger partial charge in [-0.05, 0) is 50.8 Å². The molecule has 0 atom stereocenters. The Hall–Kier alpha value is -1.67. The van der Waals surface area contributed by atoms with Crippen molar-refractivity contribution in [2.75, 3.05) is 24.3 Å². The van der Waals surface area contributed by atoms with Gasteiger partial charge in [0.1, 0.15) is 5.82 Å². The zero-order chi connectivity index (χ0) is 20.3. The Morgan fingerprint density at radius 1 is 1.00 bits per heavy atom. The van der Waals surface area contributed by atoms with Crippen LogP contribution in [0.5, 0.6) is 0 Å². The molecule has 1 saturated carbocycles. The van der Waals surface area contributed by atoms with E-state index in [-0.39, 0.29) is 11.9 Å². The van der Waals surface area contributed by atoms with Crippen LogP contribution in [0.3, 0.4) is 0 Å². The van der Waals surface area contributed by atoms with E-state index in [1.807, 2.05) is 50.2 Å². The maximum atomic E-state index is 12.5. The minimum atomic E-state index is -0.0274. The van der Waals surface area contributed by atoms with Gasteiger partial charge in [-0.25, -0.2) is 4.98 Å². The van der Waals surface area contributed by atoms with Gasteiger partial charge < -0.3 is 15.5 Å². The highest BCUT2D eigenvalue weighted by molar-refractivity contribution is 9.11. The van der Waals surface area contributed by atoms with Crippen LogP contribution in [-0.4, -0.2) is 42.1 Å². The lowest BCUT2D eigenvalue weighted by Crippen LogP contribution is -2.40. The van der Waals surface area contributed by atoms with Crippen molar-refractivity contribution < 1.29 is 4.79 Å². The average molecular weight is 511 g/mol. The molecule has 150 valence electrons. The van der Waals surface area contributed by atoms with Gasteiger partial charge in [-0.15, -0.1) is 0 Å². The zero-order valence-electron chi connectivity index (χ0n) is 16.3. The van der Waals surface area contributed by atoms with Crippen LogP contribution in [0.4, 0.5) is 11.8 Å². The van der Waals surface area contributed by atoms with E-state index in [2.05, 4.69) is 52.5 Å². The van der Waals surface area contributed by atoms with E-state index in [1.54, 1.807) is 0 Å². The third kappa shape index (κ3) is 5.67. The summed E-state index contributed by atoms with van der Waals surface area (Å²) in [6, 6.07) is 8.14. The molecule has 1 aromatic carbocycles. The first-order chi connectivity index (χ1) is 13.3. The number of nitrogens with zero attached hydrogens (tertiary/aromatic N) is 3. The fourth-order valence-corrected chi connectivity index (χ4v) is 4.67. The van der Waals surface area contributed by atoms with E-state index in [9.17, 15) is 4.79 Å². The molecule has 1 aliphatic rings. The van der Waals surface area contributed by atoms with Crippen molar-refractivity contribution in [2.45, 2.75) is 44.7 Å². The van der Waals surface area contributed by atoms with Gasteiger partial charge in [0, 0.05) is 52.4 Å². The van der Waals surface area contributed by atoms with Crippen molar-refractivity contribution in [2.24, 2.45) is 0 Å². The van der Waals surface area contributed by atoms with Crippen LogP contribution >= 0.6 is 31.9 Å². The fraction of sp³-hybridized carbons (Fsp3) is 0.450. The highest BCUT2D eigenvalue weighted by Gasteiger charge is 2.23. The molecule has 2 N–H and O–H groups in total. The fourth-order valence-electron chi connectivity index (χ4n) is 3.37. The lowest BCUT2D eigenvalue weighted by atomic mass is 9.91. The predicted octanol–water partition coefficient (Wildman–Crippen LogP) is 4.53. The molecule has 0 saturated heterocycles. The Kier molecular flexibility index (Phi) is 6.93. The van der Waals surface area contributed by atoms with Crippen molar-refractivity contribution in [3.05, 3.63) is 44.5 Å². The number of hydrogen-bond acceptors (Lipinski definition) is 5. The summed E-state index contributed by atoms with van der Waals surface area (Å²) < 4.78 is 1.77. The molecule has 0 unspecified atom stereocenters. The van der Waals surface area contributed by atoms with E-state index < -0.39 is 0 Å². The summed E-state index contributed by atoms with van der Waals surface area (Å²) in [6.45, 7) is 1.98. The van der Waals surface area contributed by atoms with Crippen LogP contribution in [0, 0.1) is 6.92 Å². The standard InChI is InChI=1S/C20H25Br2N5O/c1-12-8-18(26-20(23-12)27(2)3)24-16-4-6-17(7-5-16)25-19(28)13-9-14(21)11-15(22)10-13/h8-11,16-17H,4-7H2,1-3H3,(H,25,28)(H,23,24,26). The topological polar surface area (TPSA) is 70.2 Å². The average Bonchev–Trinajstić information content (AvgIpc) is 2.62. The first-order valence-corrected chi connectivity index (χ1v) is 11.0. The van der Waals surface area contributed by atoms with E-state index >= 15 is 0 Å². The van der Waals surface area contributed by atoms with Crippen LogP contribution in [0.1, 0.15) is 41.7 Å². The molecule has 1 aliphatic carbocycles. The maximum Gasteiger partial charge on any atom is 0.251 e. The summed E-state index contributed by atoms with van der Waals surface area (Å²) in [5, 5.41) is 6.70. The third-order valence-electron chi connectivity index (χ3n) is 4.78. The zero-order valence-corrected chi connectivity index (χ0v) is 19.5. The SMILES string of the molecule is Cc1cc(NC2CCC(NC(=O)c3cc(Br)cc(Br)c3)CC2)nc(N(C)C)n1. The second-order valence-corrected chi connectivity index (χ2v) is 9.24. The highest BCUT2D eigenvalue weighted by atomic mass is 79.9. The maximum absolute atomic E-state index is 12.5. The predicted molar refractivity (Wildman–Crippen MR) is 120 cm³/mol. The van der Waals surface area contributed by atoms with Gasteiger partial charge in [0.25, 0.3) is 5.91 Å². The van der Waals surface area contributed by atoms with E-state index in [1.165, 1.54) is 0 Å². The Labute approximate surface area is 182 Å². The number of nitrogens with one attached hydrogen (secondary N) is 2. The van der Waals surface area contributed by atoms with Crippen molar-refractivity contribution >= 4 is 49.5 Å². The third-order valence-corrected chi connectivity index (χ3v) is 5.70. The lowest BCUT2D eigenvalue weighted by molar-refractivity contribution is 0.0926. The smallest absolute Gasteiger partial charge is 0.251 e. The number of anilines is 2. The molecular formula is C20H25Br2N5O. The number of rotatable bonds is 5. The van der Waals surface area contributed by atoms with Crippen molar-refractivity contribution in [3.8, 4) is 0 Å². The number of aryl methyl sites for hydroxylation is 1. The van der Waals surface area contributed by atoms with E-state index in [0.29, 0.717) is 17.6 Å². The summed E-state index contributed by atoms with van der Waals surface area (Å²) >= 11 is 6.87. The number of benzene rings is 1. The lowest BCUT2D eigenvalue weighted by Gasteiger charge is -2.30. The Morgan fingerprint density at radius 2 is 1.61 bits per heavy atom. The van der Waals surface area contributed by atoms with Crippen LogP contribution in [0.2, 0.25) is 0 Å². The van der Waals surface area contributed by atoms with Crippen LogP contribution in [-0.2, 0) is 0 Å². The van der Waals surface area contributed by atoms with Crippen LogP contribution in [0.25, 0.3) is 0 Å². The molecule has 1 amide bonds. The number of carbonyl (C=O) groups is 1. The second-order valence-electron chi connectivity index (χ2n) is 7.41. The number of hydrogen-bond donors (Lipinski definition) is 2. The molecule has 1 fully saturated rings. The van der Waals surface area contributed by atoms with Gasteiger partial charge in [0.05, 0.1) is 0 Å². The molecule has 1 heterocycles. The molecule has 28 heavy (non-hydrogen) atoms. The number of halogens is 2. The van der Waals surface area contributed by atoms with Crippen molar-refractivity contribution in [1.29, 1.82) is 0 Å². The minimum absolute atomic E-state index is 0.0274. The summed E-state index contributed by atoms with van der Waals surface area (Å²) in [4.78, 5) is 23.5. The van der Waals surface area contributed by atoms with E-state index in [0.717, 1.165) is 46.1 Å². The highest BCUT2D eigenvalue weighted by Crippen LogP contribution is 2.24. The monoisotopic (exact) mass is 509 g/mol. The van der Waals surface area contributed by atoms with Crippen LogP contribution in [0.15, 0.2) is 33.2 Å². The van der Waals surface area contributed by atoms with Gasteiger partial charge in [-0.3, -0.25) is 4.79 Å². The molecular weight excluding hydrogens is 486 g/mol.